The lowest BCUT2D eigenvalue weighted by Crippen LogP contribution is -2.43. The van der Waals surface area contributed by atoms with E-state index in [9.17, 15) is 8.42 Å². The van der Waals surface area contributed by atoms with Crippen molar-refractivity contribution in [2.75, 3.05) is 20.2 Å². The second kappa shape index (κ2) is 5.58. The molecule has 1 saturated heterocycles. The van der Waals surface area contributed by atoms with Gasteiger partial charge in [-0.2, -0.15) is 0 Å². The molecule has 0 bridgehead atoms. The molecule has 1 aliphatic heterocycles. The summed E-state index contributed by atoms with van der Waals surface area (Å²) >= 11 is 0. The van der Waals surface area contributed by atoms with Crippen molar-refractivity contribution in [2.24, 2.45) is 0 Å². The number of hydrogen-bond acceptors (Lipinski definition) is 4. The molecule has 0 saturated carbocycles. The van der Waals surface area contributed by atoms with Crippen LogP contribution in [0.2, 0.25) is 0 Å². The maximum absolute atomic E-state index is 12.4. The zero-order valence-electron chi connectivity index (χ0n) is 11.4. The van der Waals surface area contributed by atoms with Gasteiger partial charge in [0.2, 0.25) is 10.0 Å². The van der Waals surface area contributed by atoms with Crippen LogP contribution in [0, 0.1) is 13.8 Å². The summed E-state index contributed by atoms with van der Waals surface area (Å²) < 4.78 is 32.7. The summed E-state index contributed by atoms with van der Waals surface area (Å²) in [5.74, 6) is 0. The van der Waals surface area contributed by atoms with Gasteiger partial charge in [-0.1, -0.05) is 6.07 Å². The average molecular weight is 284 g/mol. The monoisotopic (exact) mass is 284 g/mol. The Morgan fingerprint density at radius 3 is 2.42 bits per heavy atom. The Labute approximate surface area is 114 Å². The van der Waals surface area contributed by atoms with Gasteiger partial charge in [0.1, 0.15) is 0 Å². The maximum Gasteiger partial charge on any atom is 0.240 e. The molecule has 2 atom stereocenters. The largest absolute Gasteiger partial charge is 0.378 e. The van der Waals surface area contributed by atoms with Gasteiger partial charge in [-0.15, -0.1) is 0 Å². The van der Waals surface area contributed by atoms with E-state index < -0.39 is 10.0 Å². The third-order valence-electron chi connectivity index (χ3n) is 3.27. The predicted molar refractivity (Wildman–Crippen MR) is 73.7 cm³/mol. The first-order chi connectivity index (χ1) is 8.92. The molecule has 2 rings (SSSR count). The number of aryl methyl sites for hydroxylation is 2. The summed E-state index contributed by atoms with van der Waals surface area (Å²) in [6.07, 6.45) is -0.124. The van der Waals surface area contributed by atoms with Crippen molar-refractivity contribution in [1.82, 2.24) is 10.0 Å². The third kappa shape index (κ3) is 3.33. The highest BCUT2D eigenvalue weighted by Gasteiger charge is 2.31. The van der Waals surface area contributed by atoms with Crippen LogP contribution in [0.1, 0.15) is 11.1 Å². The maximum atomic E-state index is 12.4. The smallest absolute Gasteiger partial charge is 0.240 e. The van der Waals surface area contributed by atoms with E-state index >= 15 is 0 Å². The summed E-state index contributed by atoms with van der Waals surface area (Å²) in [5.41, 5.74) is 1.88. The van der Waals surface area contributed by atoms with Gasteiger partial charge in [-0.05, 0) is 37.1 Å². The van der Waals surface area contributed by atoms with Crippen LogP contribution >= 0.6 is 0 Å². The number of hydrogen-bond donors (Lipinski definition) is 2. The Morgan fingerprint density at radius 1 is 1.21 bits per heavy atom. The van der Waals surface area contributed by atoms with E-state index in [0.717, 1.165) is 11.1 Å². The van der Waals surface area contributed by atoms with Gasteiger partial charge >= 0.3 is 0 Å². The molecule has 19 heavy (non-hydrogen) atoms. The molecule has 2 N–H and O–H groups in total. The Kier molecular flexibility index (Phi) is 4.25. The van der Waals surface area contributed by atoms with Crippen molar-refractivity contribution in [2.45, 2.75) is 30.9 Å². The second-order valence-corrected chi connectivity index (χ2v) is 6.70. The zero-order chi connectivity index (χ0) is 14.0. The first-order valence-corrected chi connectivity index (χ1v) is 7.75. The van der Waals surface area contributed by atoms with E-state index in [1.165, 1.54) is 0 Å². The highest BCUT2D eigenvalue weighted by Crippen LogP contribution is 2.16. The van der Waals surface area contributed by atoms with Gasteiger partial charge in [0.25, 0.3) is 0 Å². The minimum absolute atomic E-state index is 0.124. The molecule has 106 valence electrons. The van der Waals surface area contributed by atoms with Gasteiger partial charge in [-0.3, -0.25) is 0 Å². The van der Waals surface area contributed by atoms with E-state index in [1.807, 2.05) is 19.9 Å². The number of rotatable bonds is 4. The fraction of sp³-hybridized carbons (Fsp3) is 0.538. The van der Waals surface area contributed by atoms with E-state index in [1.54, 1.807) is 19.2 Å². The molecular formula is C13H20N2O3S. The molecule has 0 radical (unpaired) electrons. The third-order valence-corrected chi connectivity index (χ3v) is 4.74. The number of methoxy groups -OCH3 is 1. The van der Waals surface area contributed by atoms with Crippen LogP contribution in [0.3, 0.4) is 0 Å². The summed E-state index contributed by atoms with van der Waals surface area (Å²) in [4.78, 5) is 0.312. The van der Waals surface area contributed by atoms with Gasteiger partial charge in [0.15, 0.2) is 0 Å². The lowest BCUT2D eigenvalue weighted by Gasteiger charge is -2.19. The molecule has 0 amide bonds. The molecule has 0 spiro atoms. The van der Waals surface area contributed by atoms with Crippen LogP contribution in [0.5, 0.6) is 0 Å². The molecule has 1 aromatic carbocycles. The van der Waals surface area contributed by atoms with Crippen molar-refractivity contribution in [3.05, 3.63) is 29.3 Å². The molecule has 6 heteroatoms. The number of sulfonamides is 1. The van der Waals surface area contributed by atoms with E-state index in [4.69, 9.17) is 4.74 Å². The molecule has 0 aliphatic carbocycles. The van der Waals surface area contributed by atoms with Crippen molar-refractivity contribution >= 4 is 10.0 Å². The molecule has 1 aliphatic rings. The molecule has 0 aromatic heterocycles. The van der Waals surface area contributed by atoms with Crippen molar-refractivity contribution < 1.29 is 13.2 Å². The highest BCUT2D eigenvalue weighted by molar-refractivity contribution is 7.89. The average Bonchev–Trinajstić information content (AvgIpc) is 2.74. The topological polar surface area (TPSA) is 67.4 Å². The fourth-order valence-corrected chi connectivity index (χ4v) is 3.83. The van der Waals surface area contributed by atoms with Gasteiger partial charge < -0.3 is 10.1 Å². The lowest BCUT2D eigenvalue weighted by molar-refractivity contribution is 0.103. The Balaban J connectivity index is 2.22. The molecule has 1 aromatic rings. The summed E-state index contributed by atoms with van der Waals surface area (Å²) in [5, 5.41) is 3.12. The van der Waals surface area contributed by atoms with Gasteiger partial charge in [0.05, 0.1) is 17.0 Å². The van der Waals surface area contributed by atoms with Crippen LogP contribution < -0.4 is 10.0 Å². The van der Waals surface area contributed by atoms with E-state index in [2.05, 4.69) is 10.0 Å². The lowest BCUT2D eigenvalue weighted by atomic mass is 10.2. The Morgan fingerprint density at radius 2 is 1.84 bits per heavy atom. The quantitative estimate of drug-likeness (QED) is 0.848. The van der Waals surface area contributed by atoms with Crippen LogP contribution in [-0.4, -0.2) is 40.8 Å². The number of nitrogens with one attached hydrogen (secondary N) is 2. The Bertz CT molecular complexity index is 537. The van der Waals surface area contributed by atoms with Crippen molar-refractivity contribution in [1.29, 1.82) is 0 Å². The summed E-state index contributed by atoms with van der Waals surface area (Å²) in [6.45, 7) is 5.03. The number of ether oxygens (including phenoxy) is 1. The molecule has 5 nitrogen and oxygen atoms in total. The minimum Gasteiger partial charge on any atom is -0.378 e. The van der Waals surface area contributed by atoms with Gasteiger partial charge in [0, 0.05) is 20.2 Å². The number of benzene rings is 1. The molecule has 1 heterocycles. The van der Waals surface area contributed by atoms with Crippen molar-refractivity contribution in [3.63, 3.8) is 0 Å². The van der Waals surface area contributed by atoms with E-state index in [0.29, 0.717) is 18.0 Å². The highest BCUT2D eigenvalue weighted by atomic mass is 32.2. The van der Waals surface area contributed by atoms with Crippen LogP contribution in [-0.2, 0) is 14.8 Å². The van der Waals surface area contributed by atoms with E-state index in [-0.39, 0.29) is 12.1 Å². The van der Waals surface area contributed by atoms with Crippen LogP contribution in [0.15, 0.2) is 23.1 Å². The summed E-state index contributed by atoms with van der Waals surface area (Å²) in [7, 11) is -1.91. The first kappa shape index (κ1) is 14.5. The second-order valence-electron chi connectivity index (χ2n) is 4.98. The molecular weight excluding hydrogens is 264 g/mol. The summed E-state index contributed by atoms with van der Waals surface area (Å²) in [6, 6.07) is 5.09. The molecule has 1 fully saturated rings. The SMILES string of the molecule is CO[C@H]1CNCC1NS(=O)(=O)c1cc(C)cc(C)c1. The van der Waals surface area contributed by atoms with Crippen molar-refractivity contribution in [3.8, 4) is 0 Å². The zero-order valence-corrected chi connectivity index (χ0v) is 12.3. The van der Waals surface area contributed by atoms with Gasteiger partial charge in [-0.25, -0.2) is 13.1 Å². The van der Waals surface area contributed by atoms with Crippen LogP contribution in [0.25, 0.3) is 0 Å². The van der Waals surface area contributed by atoms with Crippen LogP contribution in [0.4, 0.5) is 0 Å². The minimum atomic E-state index is -3.50. The molecule has 1 unspecified atom stereocenters. The Hall–Kier alpha value is -0.950. The predicted octanol–water partition coefficient (Wildman–Crippen LogP) is 0.569. The standard InChI is InChI=1S/C13H20N2O3S/c1-9-4-10(2)6-11(5-9)19(16,17)15-12-7-14-8-13(12)18-3/h4-6,12-15H,7-8H2,1-3H3/t12?,13-/m0/s1. The fourth-order valence-electron chi connectivity index (χ4n) is 2.38. The first-order valence-electron chi connectivity index (χ1n) is 6.26. The normalized spacial score (nSPS) is 23.7.